The van der Waals surface area contributed by atoms with Crippen molar-refractivity contribution < 1.29 is 9.53 Å². The molecular formula is C15H20N2O2. The highest BCUT2D eigenvalue weighted by atomic mass is 16.5. The number of amides is 1. The van der Waals surface area contributed by atoms with E-state index in [2.05, 4.69) is 5.32 Å². The SMILES string of the molecule is CCOc1ccccc1C(=O)N1CC[C@H]2CNC[C@H]21. The summed E-state index contributed by atoms with van der Waals surface area (Å²) in [5.74, 6) is 1.44. The normalized spacial score (nSPS) is 25.4. The number of likely N-dealkylation sites (tertiary alicyclic amines) is 1. The van der Waals surface area contributed by atoms with Gasteiger partial charge in [-0.2, -0.15) is 0 Å². The van der Waals surface area contributed by atoms with Gasteiger partial charge in [-0.1, -0.05) is 12.1 Å². The molecule has 19 heavy (non-hydrogen) atoms. The van der Waals surface area contributed by atoms with E-state index in [1.54, 1.807) is 0 Å². The van der Waals surface area contributed by atoms with Gasteiger partial charge in [-0.05, 0) is 31.4 Å². The number of para-hydroxylation sites is 1. The molecule has 1 N–H and O–H groups in total. The van der Waals surface area contributed by atoms with Crippen molar-refractivity contribution in [2.45, 2.75) is 19.4 Å². The average molecular weight is 260 g/mol. The number of carbonyl (C=O) groups excluding carboxylic acids is 1. The van der Waals surface area contributed by atoms with Crippen LogP contribution >= 0.6 is 0 Å². The Labute approximate surface area is 113 Å². The van der Waals surface area contributed by atoms with Crippen molar-refractivity contribution in [3.8, 4) is 5.75 Å². The monoisotopic (exact) mass is 260 g/mol. The minimum atomic E-state index is 0.111. The number of benzene rings is 1. The van der Waals surface area contributed by atoms with Gasteiger partial charge >= 0.3 is 0 Å². The van der Waals surface area contributed by atoms with Crippen LogP contribution in [-0.4, -0.2) is 43.1 Å². The molecule has 0 spiro atoms. The Morgan fingerprint density at radius 3 is 3.11 bits per heavy atom. The quantitative estimate of drug-likeness (QED) is 0.896. The topological polar surface area (TPSA) is 41.6 Å². The fraction of sp³-hybridized carbons (Fsp3) is 0.533. The molecule has 2 heterocycles. The van der Waals surface area contributed by atoms with Gasteiger partial charge in [0.1, 0.15) is 5.75 Å². The number of fused-ring (bicyclic) bond motifs is 1. The largest absolute Gasteiger partial charge is 0.493 e. The number of carbonyl (C=O) groups is 1. The van der Waals surface area contributed by atoms with Crippen LogP contribution in [0.2, 0.25) is 0 Å². The van der Waals surface area contributed by atoms with E-state index < -0.39 is 0 Å². The van der Waals surface area contributed by atoms with Crippen LogP contribution in [-0.2, 0) is 0 Å². The molecule has 0 unspecified atom stereocenters. The van der Waals surface area contributed by atoms with Crippen molar-refractivity contribution in [2.75, 3.05) is 26.2 Å². The molecule has 2 aliphatic heterocycles. The summed E-state index contributed by atoms with van der Waals surface area (Å²) in [6.07, 6.45) is 1.11. The van der Waals surface area contributed by atoms with Crippen LogP contribution in [0.3, 0.4) is 0 Å². The molecule has 0 aromatic heterocycles. The maximum absolute atomic E-state index is 12.7. The molecule has 4 nitrogen and oxygen atoms in total. The van der Waals surface area contributed by atoms with E-state index in [4.69, 9.17) is 4.74 Å². The van der Waals surface area contributed by atoms with Gasteiger partial charge in [-0.15, -0.1) is 0 Å². The molecule has 102 valence electrons. The van der Waals surface area contributed by atoms with Crippen molar-refractivity contribution in [1.82, 2.24) is 10.2 Å². The summed E-state index contributed by atoms with van der Waals surface area (Å²) >= 11 is 0. The Bertz CT molecular complexity index is 475. The molecule has 4 heteroatoms. The van der Waals surface area contributed by atoms with Gasteiger partial charge in [0.05, 0.1) is 12.2 Å². The van der Waals surface area contributed by atoms with Crippen LogP contribution in [0.5, 0.6) is 5.75 Å². The zero-order valence-corrected chi connectivity index (χ0v) is 11.3. The van der Waals surface area contributed by atoms with Gasteiger partial charge in [0, 0.05) is 25.7 Å². The molecule has 1 aromatic carbocycles. The van der Waals surface area contributed by atoms with Crippen molar-refractivity contribution in [3.63, 3.8) is 0 Å². The minimum absolute atomic E-state index is 0.111. The Balaban J connectivity index is 1.84. The number of hydrogen-bond donors (Lipinski definition) is 1. The third-order valence-corrected chi connectivity index (χ3v) is 4.12. The summed E-state index contributed by atoms with van der Waals surface area (Å²) in [6.45, 7) is 5.36. The van der Waals surface area contributed by atoms with Crippen LogP contribution in [0, 0.1) is 5.92 Å². The van der Waals surface area contributed by atoms with Crippen LogP contribution in [0.4, 0.5) is 0 Å². The Kier molecular flexibility index (Phi) is 3.42. The van der Waals surface area contributed by atoms with E-state index in [0.29, 0.717) is 29.9 Å². The smallest absolute Gasteiger partial charge is 0.257 e. The molecule has 3 rings (SSSR count). The molecule has 2 fully saturated rings. The second-order valence-electron chi connectivity index (χ2n) is 5.20. The zero-order valence-electron chi connectivity index (χ0n) is 11.3. The fourth-order valence-corrected chi connectivity index (χ4v) is 3.18. The summed E-state index contributed by atoms with van der Waals surface area (Å²) in [6, 6.07) is 7.91. The molecule has 0 aliphatic carbocycles. The lowest BCUT2D eigenvalue weighted by atomic mass is 10.0. The number of nitrogens with one attached hydrogen (secondary N) is 1. The van der Waals surface area contributed by atoms with E-state index >= 15 is 0 Å². The number of nitrogens with zero attached hydrogens (tertiary/aromatic N) is 1. The van der Waals surface area contributed by atoms with Gasteiger partial charge in [0.15, 0.2) is 0 Å². The number of rotatable bonds is 3. The summed E-state index contributed by atoms with van der Waals surface area (Å²) in [4.78, 5) is 14.7. The molecule has 2 atom stereocenters. The van der Waals surface area contributed by atoms with E-state index in [1.165, 1.54) is 0 Å². The fourth-order valence-electron chi connectivity index (χ4n) is 3.18. The van der Waals surface area contributed by atoms with Gasteiger partial charge in [-0.3, -0.25) is 4.79 Å². The van der Waals surface area contributed by atoms with Crippen LogP contribution in [0.1, 0.15) is 23.7 Å². The van der Waals surface area contributed by atoms with E-state index in [1.807, 2.05) is 36.1 Å². The second-order valence-corrected chi connectivity index (χ2v) is 5.20. The highest BCUT2D eigenvalue weighted by Gasteiger charge is 2.40. The maximum Gasteiger partial charge on any atom is 0.257 e. The number of hydrogen-bond acceptors (Lipinski definition) is 3. The summed E-state index contributed by atoms with van der Waals surface area (Å²) in [7, 11) is 0. The van der Waals surface area contributed by atoms with Gasteiger partial charge in [0.2, 0.25) is 0 Å². The predicted molar refractivity (Wildman–Crippen MR) is 73.4 cm³/mol. The van der Waals surface area contributed by atoms with Crippen molar-refractivity contribution >= 4 is 5.91 Å². The minimum Gasteiger partial charge on any atom is -0.493 e. The molecule has 2 aliphatic rings. The predicted octanol–water partition coefficient (Wildman–Crippen LogP) is 1.52. The maximum atomic E-state index is 12.7. The number of ether oxygens (including phenoxy) is 1. The van der Waals surface area contributed by atoms with E-state index in [9.17, 15) is 4.79 Å². The molecule has 1 amide bonds. The van der Waals surface area contributed by atoms with Crippen molar-refractivity contribution in [1.29, 1.82) is 0 Å². The van der Waals surface area contributed by atoms with Crippen molar-refractivity contribution in [2.24, 2.45) is 5.92 Å². The molecule has 1 aromatic rings. The van der Waals surface area contributed by atoms with E-state index in [0.717, 1.165) is 26.1 Å². The first-order valence-electron chi connectivity index (χ1n) is 7.04. The summed E-state index contributed by atoms with van der Waals surface area (Å²) < 4.78 is 5.57. The first-order chi connectivity index (χ1) is 9.31. The third-order valence-electron chi connectivity index (χ3n) is 4.12. The van der Waals surface area contributed by atoms with Crippen LogP contribution in [0.25, 0.3) is 0 Å². The summed E-state index contributed by atoms with van der Waals surface area (Å²) in [5, 5.41) is 3.38. The van der Waals surface area contributed by atoms with Crippen molar-refractivity contribution in [3.05, 3.63) is 29.8 Å². The zero-order chi connectivity index (χ0) is 13.2. The highest BCUT2D eigenvalue weighted by Crippen LogP contribution is 2.30. The summed E-state index contributed by atoms with van der Waals surface area (Å²) in [5.41, 5.74) is 0.692. The Morgan fingerprint density at radius 2 is 2.26 bits per heavy atom. The van der Waals surface area contributed by atoms with Gasteiger partial charge in [-0.25, -0.2) is 0 Å². The lowest BCUT2D eigenvalue weighted by Gasteiger charge is -2.24. The first-order valence-corrected chi connectivity index (χ1v) is 7.04. The second kappa shape index (κ2) is 5.21. The Hall–Kier alpha value is -1.55. The third kappa shape index (κ3) is 2.21. The highest BCUT2D eigenvalue weighted by molar-refractivity contribution is 5.97. The molecule has 0 radical (unpaired) electrons. The average Bonchev–Trinajstić information content (AvgIpc) is 3.01. The molecular weight excluding hydrogens is 240 g/mol. The van der Waals surface area contributed by atoms with E-state index in [-0.39, 0.29) is 5.91 Å². The first kappa shape index (κ1) is 12.5. The lowest BCUT2D eigenvalue weighted by Crippen LogP contribution is -2.39. The molecule has 0 saturated carbocycles. The standard InChI is InChI=1S/C15H20N2O2/c1-2-19-14-6-4-3-5-12(14)15(18)17-8-7-11-9-16-10-13(11)17/h3-6,11,13,16H,2,7-10H2,1H3/t11-,13+/m0/s1. The molecule has 0 bridgehead atoms. The van der Waals surface area contributed by atoms with Crippen LogP contribution < -0.4 is 10.1 Å². The van der Waals surface area contributed by atoms with Gasteiger partial charge < -0.3 is 15.0 Å². The van der Waals surface area contributed by atoms with Crippen LogP contribution in [0.15, 0.2) is 24.3 Å². The lowest BCUT2D eigenvalue weighted by molar-refractivity contribution is 0.0733. The van der Waals surface area contributed by atoms with Gasteiger partial charge in [0.25, 0.3) is 5.91 Å². The Morgan fingerprint density at radius 1 is 1.42 bits per heavy atom. The molecule has 2 saturated heterocycles.